The molecule has 2 aromatic rings. The molecule has 0 spiro atoms. The fourth-order valence-corrected chi connectivity index (χ4v) is 2.54. The number of nitrogens with zero attached hydrogens (tertiary/aromatic N) is 2. The standard InChI is InChI=1S/C12H12BrClN4/c13-7-3-4-9(14)8(5-7)10-11(15)18(16)12(17-10)6-1-2-6/h3-6H,1-2,15-16H2. The minimum Gasteiger partial charge on any atom is -0.382 e. The highest BCUT2D eigenvalue weighted by Gasteiger charge is 2.30. The summed E-state index contributed by atoms with van der Waals surface area (Å²) < 4.78 is 2.41. The molecular formula is C12H12BrClN4. The van der Waals surface area contributed by atoms with Crippen LogP contribution in [-0.4, -0.2) is 9.66 Å². The van der Waals surface area contributed by atoms with Crippen LogP contribution in [0.5, 0.6) is 0 Å². The van der Waals surface area contributed by atoms with Crippen LogP contribution in [-0.2, 0) is 0 Å². The Hall–Kier alpha value is -1.20. The van der Waals surface area contributed by atoms with Crippen molar-refractivity contribution in [1.82, 2.24) is 9.66 Å². The van der Waals surface area contributed by atoms with Crippen molar-refractivity contribution in [1.29, 1.82) is 0 Å². The summed E-state index contributed by atoms with van der Waals surface area (Å²) in [5.41, 5.74) is 7.48. The molecule has 0 bridgehead atoms. The number of rotatable bonds is 2. The zero-order chi connectivity index (χ0) is 12.9. The van der Waals surface area contributed by atoms with Crippen LogP contribution in [0.1, 0.15) is 24.6 Å². The van der Waals surface area contributed by atoms with Crippen molar-refractivity contribution in [2.24, 2.45) is 0 Å². The molecule has 4 N–H and O–H groups in total. The number of anilines is 1. The predicted molar refractivity (Wildman–Crippen MR) is 76.9 cm³/mol. The first kappa shape index (κ1) is 11.9. The molecule has 0 aliphatic heterocycles. The molecule has 6 heteroatoms. The maximum Gasteiger partial charge on any atom is 0.150 e. The number of hydrogen-bond acceptors (Lipinski definition) is 3. The minimum absolute atomic E-state index is 0.442. The van der Waals surface area contributed by atoms with Gasteiger partial charge in [0.2, 0.25) is 0 Å². The second kappa shape index (κ2) is 4.17. The van der Waals surface area contributed by atoms with E-state index in [1.807, 2.05) is 18.2 Å². The van der Waals surface area contributed by atoms with E-state index in [2.05, 4.69) is 20.9 Å². The fraction of sp³-hybridized carbons (Fsp3) is 0.250. The summed E-state index contributed by atoms with van der Waals surface area (Å²) in [4.78, 5) is 4.55. The molecule has 0 radical (unpaired) electrons. The van der Waals surface area contributed by atoms with Gasteiger partial charge >= 0.3 is 0 Å². The first-order chi connectivity index (χ1) is 8.58. The first-order valence-corrected chi connectivity index (χ1v) is 6.83. The quantitative estimate of drug-likeness (QED) is 0.833. The highest BCUT2D eigenvalue weighted by Crippen LogP contribution is 2.42. The number of imidazole rings is 1. The van der Waals surface area contributed by atoms with E-state index in [0.717, 1.165) is 28.7 Å². The number of aromatic nitrogens is 2. The summed E-state index contributed by atoms with van der Waals surface area (Å²) in [6.07, 6.45) is 2.25. The van der Waals surface area contributed by atoms with Crippen LogP contribution in [0.2, 0.25) is 5.02 Å². The maximum atomic E-state index is 6.19. The Labute approximate surface area is 118 Å². The Morgan fingerprint density at radius 1 is 1.39 bits per heavy atom. The van der Waals surface area contributed by atoms with Crippen LogP contribution in [0.3, 0.4) is 0 Å². The van der Waals surface area contributed by atoms with Gasteiger partial charge in [0, 0.05) is 16.0 Å². The molecule has 1 aliphatic rings. The lowest BCUT2D eigenvalue weighted by Gasteiger charge is -2.03. The molecule has 18 heavy (non-hydrogen) atoms. The summed E-state index contributed by atoms with van der Waals surface area (Å²) in [5, 5.41) is 0.616. The number of nitrogens with two attached hydrogens (primary N) is 2. The number of nitrogen functional groups attached to an aromatic ring is 2. The van der Waals surface area contributed by atoms with Gasteiger partial charge < -0.3 is 11.6 Å². The Kier molecular flexibility index (Phi) is 2.75. The smallest absolute Gasteiger partial charge is 0.150 e. The first-order valence-electron chi connectivity index (χ1n) is 5.66. The van der Waals surface area contributed by atoms with Crippen molar-refractivity contribution in [3.05, 3.63) is 33.5 Å². The van der Waals surface area contributed by atoms with Gasteiger partial charge in [-0.15, -0.1) is 0 Å². The maximum absolute atomic E-state index is 6.19. The highest BCUT2D eigenvalue weighted by molar-refractivity contribution is 9.10. The van der Waals surface area contributed by atoms with Crippen LogP contribution in [0.25, 0.3) is 11.3 Å². The van der Waals surface area contributed by atoms with E-state index in [9.17, 15) is 0 Å². The molecule has 0 amide bonds. The van der Waals surface area contributed by atoms with E-state index in [4.69, 9.17) is 23.2 Å². The van der Waals surface area contributed by atoms with Crippen molar-refractivity contribution in [3.8, 4) is 11.3 Å². The second-order valence-corrected chi connectivity index (χ2v) is 5.80. The third kappa shape index (κ3) is 1.87. The van der Waals surface area contributed by atoms with E-state index in [-0.39, 0.29) is 0 Å². The predicted octanol–water partition coefficient (Wildman–Crippen LogP) is 3.14. The van der Waals surface area contributed by atoms with E-state index < -0.39 is 0 Å². The van der Waals surface area contributed by atoms with E-state index in [1.54, 1.807) is 0 Å². The molecule has 0 unspecified atom stereocenters. The van der Waals surface area contributed by atoms with Crippen molar-refractivity contribution in [2.75, 3.05) is 11.6 Å². The van der Waals surface area contributed by atoms with Gasteiger partial charge in [-0.2, -0.15) is 0 Å². The SMILES string of the molecule is Nc1c(-c2cc(Br)ccc2Cl)nc(C2CC2)n1N. The molecule has 4 nitrogen and oxygen atoms in total. The van der Waals surface area contributed by atoms with Gasteiger partial charge in [-0.25, -0.2) is 9.66 Å². The summed E-state index contributed by atoms with van der Waals surface area (Å²) in [6.45, 7) is 0. The van der Waals surface area contributed by atoms with Gasteiger partial charge in [0.25, 0.3) is 0 Å². The fourth-order valence-electron chi connectivity index (χ4n) is 1.97. The monoisotopic (exact) mass is 326 g/mol. The van der Waals surface area contributed by atoms with Gasteiger partial charge in [0.1, 0.15) is 11.5 Å². The molecule has 0 atom stereocenters. The number of halogens is 2. The summed E-state index contributed by atoms with van der Waals surface area (Å²) in [5.74, 6) is 7.69. The molecule has 3 rings (SSSR count). The van der Waals surface area contributed by atoms with Crippen molar-refractivity contribution in [3.63, 3.8) is 0 Å². The van der Waals surface area contributed by atoms with Gasteiger partial charge in [0.05, 0.1) is 5.02 Å². The summed E-state index contributed by atoms with van der Waals surface area (Å²) in [7, 11) is 0. The number of benzene rings is 1. The molecule has 94 valence electrons. The van der Waals surface area contributed by atoms with Crippen LogP contribution < -0.4 is 11.6 Å². The molecule has 1 aromatic heterocycles. The lowest BCUT2D eigenvalue weighted by Crippen LogP contribution is -2.14. The number of hydrogen-bond donors (Lipinski definition) is 2. The second-order valence-electron chi connectivity index (χ2n) is 4.47. The topological polar surface area (TPSA) is 69.9 Å². The van der Waals surface area contributed by atoms with Gasteiger partial charge in [0.15, 0.2) is 5.82 Å². The minimum atomic E-state index is 0.442. The zero-order valence-electron chi connectivity index (χ0n) is 9.53. The average molecular weight is 328 g/mol. The normalized spacial score (nSPS) is 15.0. The van der Waals surface area contributed by atoms with Crippen LogP contribution >= 0.6 is 27.5 Å². The van der Waals surface area contributed by atoms with Crippen LogP contribution in [0, 0.1) is 0 Å². The van der Waals surface area contributed by atoms with Crippen LogP contribution in [0.15, 0.2) is 22.7 Å². The molecule has 0 saturated heterocycles. The summed E-state index contributed by atoms with van der Waals surface area (Å²) in [6, 6.07) is 5.59. The average Bonchev–Trinajstić information content (AvgIpc) is 3.13. The van der Waals surface area contributed by atoms with Gasteiger partial charge in [-0.3, -0.25) is 0 Å². The van der Waals surface area contributed by atoms with Crippen molar-refractivity contribution in [2.45, 2.75) is 18.8 Å². The third-order valence-electron chi connectivity index (χ3n) is 3.10. The highest BCUT2D eigenvalue weighted by atomic mass is 79.9. The van der Waals surface area contributed by atoms with Gasteiger partial charge in [-0.1, -0.05) is 27.5 Å². The van der Waals surface area contributed by atoms with Crippen LogP contribution in [0.4, 0.5) is 5.82 Å². The van der Waals surface area contributed by atoms with E-state index in [1.165, 1.54) is 4.68 Å². The molecule has 1 aliphatic carbocycles. The Balaban J connectivity index is 2.16. The largest absolute Gasteiger partial charge is 0.382 e. The Morgan fingerprint density at radius 2 is 2.11 bits per heavy atom. The Morgan fingerprint density at radius 3 is 2.78 bits per heavy atom. The lowest BCUT2D eigenvalue weighted by atomic mass is 10.1. The molecule has 1 aromatic carbocycles. The van der Waals surface area contributed by atoms with Crippen molar-refractivity contribution < 1.29 is 0 Å². The third-order valence-corrected chi connectivity index (χ3v) is 3.92. The van der Waals surface area contributed by atoms with Gasteiger partial charge in [-0.05, 0) is 31.0 Å². The molecule has 1 heterocycles. The molecular weight excluding hydrogens is 316 g/mol. The molecule has 1 fully saturated rings. The lowest BCUT2D eigenvalue weighted by molar-refractivity contribution is 0.855. The van der Waals surface area contributed by atoms with E-state index in [0.29, 0.717) is 22.5 Å². The Bertz CT molecular complexity index is 619. The van der Waals surface area contributed by atoms with Crippen molar-refractivity contribution >= 4 is 33.3 Å². The molecule has 1 saturated carbocycles. The zero-order valence-corrected chi connectivity index (χ0v) is 11.9. The summed E-state index contributed by atoms with van der Waals surface area (Å²) >= 11 is 9.61. The van der Waals surface area contributed by atoms with E-state index >= 15 is 0 Å².